The molecule has 1 heterocycles. The Hall–Kier alpha value is -1.93. The average Bonchev–Trinajstić information content (AvgIpc) is 2.85. The monoisotopic (exact) mass is 327 g/mol. The lowest BCUT2D eigenvalue weighted by atomic mass is 10.1. The zero-order chi connectivity index (χ0) is 16.3. The number of esters is 2. The summed E-state index contributed by atoms with van der Waals surface area (Å²) in [5, 5.41) is 0. The predicted molar refractivity (Wildman–Crippen MR) is 76.6 cm³/mol. The van der Waals surface area contributed by atoms with Gasteiger partial charge in [0.15, 0.2) is 0 Å². The summed E-state index contributed by atoms with van der Waals surface area (Å²) in [5.41, 5.74) is 1.80. The van der Waals surface area contributed by atoms with Crippen LogP contribution in [-0.2, 0) is 29.1 Å². The number of nitrogens with one attached hydrogen (secondary N) is 1. The van der Waals surface area contributed by atoms with Crippen molar-refractivity contribution >= 4 is 22.0 Å². The lowest BCUT2D eigenvalue weighted by molar-refractivity contribution is -0.159. The van der Waals surface area contributed by atoms with Crippen molar-refractivity contribution in [2.75, 3.05) is 13.2 Å². The third-order valence-electron chi connectivity index (χ3n) is 3.36. The smallest absolute Gasteiger partial charge is 0.347 e. The fraction of sp³-hybridized carbons (Fsp3) is 0.429. The van der Waals surface area contributed by atoms with Crippen molar-refractivity contribution in [1.29, 1.82) is 0 Å². The molecule has 0 radical (unpaired) electrons. The predicted octanol–water partition coefficient (Wildman–Crippen LogP) is 0.440. The molecule has 1 N–H and O–H groups in total. The van der Waals surface area contributed by atoms with Crippen LogP contribution in [0.25, 0.3) is 0 Å². The molecule has 1 aromatic rings. The van der Waals surface area contributed by atoms with Gasteiger partial charge in [-0.3, -0.25) is 4.79 Å². The Morgan fingerprint density at radius 3 is 2.68 bits per heavy atom. The Morgan fingerprint density at radius 2 is 2.09 bits per heavy atom. The summed E-state index contributed by atoms with van der Waals surface area (Å²) in [6.07, 6.45) is -0.660. The van der Waals surface area contributed by atoms with Gasteiger partial charge >= 0.3 is 11.9 Å². The molecular weight excluding hydrogens is 310 g/mol. The third-order valence-corrected chi connectivity index (χ3v) is 4.76. The zero-order valence-electron chi connectivity index (χ0n) is 12.3. The van der Waals surface area contributed by atoms with Crippen LogP contribution in [0.3, 0.4) is 0 Å². The van der Waals surface area contributed by atoms with Crippen molar-refractivity contribution in [2.24, 2.45) is 0 Å². The van der Waals surface area contributed by atoms with Crippen LogP contribution in [0.1, 0.15) is 17.5 Å². The number of carbonyl (C=O) groups is 2. The molecule has 7 nitrogen and oxygen atoms in total. The minimum absolute atomic E-state index is 0.0728. The summed E-state index contributed by atoms with van der Waals surface area (Å²) in [7, 11) is -3.81. The summed E-state index contributed by atoms with van der Waals surface area (Å²) >= 11 is 0. The lowest BCUT2D eigenvalue weighted by Crippen LogP contribution is -2.33. The number of carbonyl (C=O) groups excluding carboxylic acids is 2. The highest BCUT2D eigenvalue weighted by atomic mass is 32.2. The first kappa shape index (κ1) is 16.4. The highest BCUT2D eigenvalue weighted by Gasteiger charge is 2.30. The number of hydrogen-bond acceptors (Lipinski definition) is 6. The third kappa shape index (κ3) is 3.83. The first-order chi connectivity index (χ1) is 10.3. The van der Waals surface area contributed by atoms with Gasteiger partial charge in [0.2, 0.25) is 16.1 Å². The maximum absolute atomic E-state index is 12.1. The molecule has 2 rings (SSSR count). The summed E-state index contributed by atoms with van der Waals surface area (Å²) in [5.74, 6) is -1.43. The van der Waals surface area contributed by atoms with Crippen LogP contribution in [0.5, 0.6) is 0 Å². The number of cyclic esters (lactones) is 1. The van der Waals surface area contributed by atoms with Crippen molar-refractivity contribution in [3.05, 3.63) is 29.3 Å². The molecule has 8 heteroatoms. The second-order valence-electron chi connectivity index (χ2n) is 5.01. The van der Waals surface area contributed by atoms with Gasteiger partial charge in [0.05, 0.1) is 11.5 Å². The van der Waals surface area contributed by atoms with Gasteiger partial charge in [-0.2, -0.15) is 4.72 Å². The molecule has 120 valence electrons. The van der Waals surface area contributed by atoms with E-state index in [1.54, 1.807) is 13.0 Å². The molecule has 0 aromatic heterocycles. The van der Waals surface area contributed by atoms with Crippen molar-refractivity contribution < 1.29 is 27.5 Å². The van der Waals surface area contributed by atoms with Crippen LogP contribution < -0.4 is 4.72 Å². The first-order valence-electron chi connectivity index (χ1n) is 6.72. The fourth-order valence-electron chi connectivity index (χ4n) is 1.90. The second-order valence-corrected chi connectivity index (χ2v) is 6.77. The normalized spacial score (nSPS) is 18.1. The van der Waals surface area contributed by atoms with E-state index in [2.05, 4.69) is 9.46 Å². The molecule has 0 bridgehead atoms. The van der Waals surface area contributed by atoms with E-state index in [4.69, 9.17) is 4.74 Å². The van der Waals surface area contributed by atoms with Crippen molar-refractivity contribution in [1.82, 2.24) is 4.72 Å². The quantitative estimate of drug-likeness (QED) is 0.788. The van der Waals surface area contributed by atoms with Gasteiger partial charge in [0.1, 0.15) is 6.54 Å². The Labute approximate surface area is 128 Å². The van der Waals surface area contributed by atoms with E-state index in [9.17, 15) is 18.0 Å². The number of aryl methyl sites for hydroxylation is 2. The van der Waals surface area contributed by atoms with Gasteiger partial charge in [0.25, 0.3) is 0 Å². The molecule has 0 amide bonds. The van der Waals surface area contributed by atoms with Crippen LogP contribution in [0, 0.1) is 13.8 Å². The van der Waals surface area contributed by atoms with E-state index in [0.717, 1.165) is 11.1 Å². The maximum Gasteiger partial charge on any atom is 0.347 e. The number of rotatable bonds is 5. The van der Waals surface area contributed by atoms with E-state index in [1.807, 2.05) is 6.92 Å². The highest BCUT2D eigenvalue weighted by molar-refractivity contribution is 7.89. The largest absolute Gasteiger partial charge is 0.463 e. The molecule has 1 fully saturated rings. The molecule has 0 unspecified atom stereocenters. The average molecular weight is 327 g/mol. The van der Waals surface area contributed by atoms with Gasteiger partial charge in [0, 0.05) is 6.42 Å². The Kier molecular flexibility index (Phi) is 4.82. The molecule has 0 saturated carbocycles. The standard InChI is InChI=1S/C14H17NO6S/c1-9-3-4-11(7-10(9)2)22(18,19)15-8-13(16)21-12-5-6-20-14(12)17/h3-4,7,12,15H,5-6,8H2,1-2H3/t12-/m1/s1. The minimum Gasteiger partial charge on any atom is -0.463 e. The Balaban J connectivity index is 1.95. The first-order valence-corrected chi connectivity index (χ1v) is 8.21. The van der Waals surface area contributed by atoms with E-state index >= 15 is 0 Å². The maximum atomic E-state index is 12.1. The summed E-state index contributed by atoms with van der Waals surface area (Å²) in [6, 6.07) is 4.68. The van der Waals surface area contributed by atoms with Crippen LogP contribution in [0.2, 0.25) is 0 Å². The van der Waals surface area contributed by atoms with E-state index in [1.165, 1.54) is 12.1 Å². The minimum atomic E-state index is -3.81. The second kappa shape index (κ2) is 6.45. The van der Waals surface area contributed by atoms with E-state index in [0.29, 0.717) is 0 Å². The molecule has 1 aliphatic rings. The van der Waals surface area contributed by atoms with Crippen LogP contribution in [-0.4, -0.2) is 39.6 Å². The molecule has 22 heavy (non-hydrogen) atoms. The van der Waals surface area contributed by atoms with Crippen LogP contribution in [0.4, 0.5) is 0 Å². The Bertz CT molecular complexity index is 697. The van der Waals surface area contributed by atoms with Gasteiger partial charge in [-0.25, -0.2) is 13.2 Å². The highest BCUT2D eigenvalue weighted by Crippen LogP contribution is 2.14. The van der Waals surface area contributed by atoms with Crippen molar-refractivity contribution in [3.8, 4) is 0 Å². The van der Waals surface area contributed by atoms with Crippen LogP contribution >= 0.6 is 0 Å². The topological polar surface area (TPSA) is 98.8 Å². The van der Waals surface area contributed by atoms with Gasteiger partial charge in [-0.1, -0.05) is 6.07 Å². The zero-order valence-corrected chi connectivity index (χ0v) is 13.1. The lowest BCUT2D eigenvalue weighted by Gasteiger charge is -2.10. The molecule has 1 saturated heterocycles. The summed E-state index contributed by atoms with van der Waals surface area (Å²) in [4.78, 5) is 22.8. The molecule has 0 aliphatic carbocycles. The van der Waals surface area contributed by atoms with E-state index < -0.39 is 34.6 Å². The van der Waals surface area contributed by atoms with Gasteiger partial charge in [-0.15, -0.1) is 0 Å². The fourth-order valence-corrected chi connectivity index (χ4v) is 2.96. The van der Waals surface area contributed by atoms with Crippen molar-refractivity contribution in [3.63, 3.8) is 0 Å². The van der Waals surface area contributed by atoms with Crippen molar-refractivity contribution in [2.45, 2.75) is 31.3 Å². The summed E-state index contributed by atoms with van der Waals surface area (Å²) in [6.45, 7) is 3.33. The molecule has 1 aliphatic heterocycles. The Morgan fingerprint density at radius 1 is 1.36 bits per heavy atom. The molecule has 1 atom stereocenters. The molecule has 1 aromatic carbocycles. The summed E-state index contributed by atoms with van der Waals surface area (Å²) < 4.78 is 35.8. The molecule has 0 spiro atoms. The van der Waals surface area contributed by atoms with Gasteiger partial charge in [-0.05, 0) is 37.1 Å². The number of benzene rings is 1. The number of hydrogen-bond donors (Lipinski definition) is 1. The SMILES string of the molecule is Cc1ccc(S(=O)(=O)NCC(=O)O[C@@H]2CCOC2=O)cc1C. The number of sulfonamides is 1. The van der Waals surface area contributed by atoms with E-state index in [-0.39, 0.29) is 17.9 Å². The number of ether oxygens (including phenoxy) is 2. The van der Waals surface area contributed by atoms with Crippen LogP contribution in [0.15, 0.2) is 23.1 Å². The van der Waals surface area contributed by atoms with Gasteiger partial charge < -0.3 is 9.47 Å². The molecular formula is C14H17NO6S.